The van der Waals surface area contributed by atoms with Crippen LogP contribution in [0.4, 0.5) is 0 Å². The van der Waals surface area contributed by atoms with Crippen LogP contribution in [0, 0.1) is 11.3 Å². The smallest absolute Gasteiger partial charge is 0.213 e. The summed E-state index contributed by atoms with van der Waals surface area (Å²) in [6, 6.07) is 3.88. The van der Waals surface area contributed by atoms with Gasteiger partial charge < -0.3 is 4.74 Å². The summed E-state index contributed by atoms with van der Waals surface area (Å²) in [4.78, 5) is 17.1. The fourth-order valence-electron chi connectivity index (χ4n) is 4.31. The first-order valence-electron chi connectivity index (χ1n) is 6.69. The number of pyridine rings is 1. The van der Waals surface area contributed by atoms with Crippen molar-refractivity contribution < 1.29 is 9.53 Å². The molecule has 3 heteroatoms. The van der Waals surface area contributed by atoms with Crippen molar-refractivity contribution in [3.63, 3.8) is 0 Å². The van der Waals surface area contributed by atoms with Gasteiger partial charge >= 0.3 is 0 Å². The summed E-state index contributed by atoms with van der Waals surface area (Å²) in [6.07, 6.45) is 4.72. The molecule has 1 saturated carbocycles. The van der Waals surface area contributed by atoms with E-state index in [1.807, 2.05) is 12.1 Å². The molecular weight excluding hydrogens is 226 g/mol. The first-order valence-corrected chi connectivity index (χ1v) is 6.69. The van der Waals surface area contributed by atoms with E-state index in [9.17, 15) is 4.79 Å². The highest BCUT2D eigenvalue weighted by Gasteiger charge is 2.64. The molecule has 0 aromatic carbocycles. The molecule has 1 spiro atoms. The number of ketones is 1. The summed E-state index contributed by atoms with van der Waals surface area (Å²) >= 11 is 0. The van der Waals surface area contributed by atoms with Gasteiger partial charge in [-0.25, -0.2) is 0 Å². The van der Waals surface area contributed by atoms with Crippen molar-refractivity contribution in [3.05, 3.63) is 29.6 Å². The van der Waals surface area contributed by atoms with Gasteiger partial charge in [-0.05, 0) is 36.7 Å². The van der Waals surface area contributed by atoms with Gasteiger partial charge in [0.15, 0.2) is 0 Å². The van der Waals surface area contributed by atoms with E-state index in [0.29, 0.717) is 11.6 Å². The molecule has 18 heavy (non-hydrogen) atoms. The monoisotopic (exact) mass is 243 g/mol. The Bertz CT molecular complexity index is 551. The predicted octanol–water partition coefficient (Wildman–Crippen LogP) is 2.91. The number of carbonyl (C=O) groups excluding carboxylic acids is 1. The van der Waals surface area contributed by atoms with Crippen LogP contribution in [0.1, 0.15) is 55.3 Å². The Balaban J connectivity index is 1.88. The predicted molar refractivity (Wildman–Crippen MR) is 66.2 cm³/mol. The molecule has 0 unspecified atom stereocenters. The summed E-state index contributed by atoms with van der Waals surface area (Å²) in [7, 11) is 0. The zero-order valence-electron chi connectivity index (χ0n) is 10.8. The third kappa shape index (κ3) is 1.13. The van der Waals surface area contributed by atoms with Crippen LogP contribution < -0.4 is 0 Å². The lowest BCUT2D eigenvalue weighted by Gasteiger charge is -2.33. The van der Waals surface area contributed by atoms with E-state index in [0.717, 1.165) is 24.8 Å². The number of aromatic nitrogens is 1. The Morgan fingerprint density at radius 1 is 1.44 bits per heavy atom. The zero-order chi connectivity index (χ0) is 12.5. The Labute approximate surface area is 107 Å². The molecule has 3 nitrogen and oxygen atoms in total. The Hall–Kier alpha value is -1.22. The lowest BCUT2D eigenvalue weighted by molar-refractivity contribution is -0.0448. The van der Waals surface area contributed by atoms with Gasteiger partial charge in [0.25, 0.3) is 0 Å². The number of carbonyl (C=O) groups is 1. The maximum atomic E-state index is 12.8. The van der Waals surface area contributed by atoms with Gasteiger partial charge in [-0.15, -0.1) is 0 Å². The van der Waals surface area contributed by atoms with Gasteiger partial charge in [0, 0.05) is 11.8 Å². The summed E-state index contributed by atoms with van der Waals surface area (Å²) < 4.78 is 6.19. The largest absolute Gasteiger partial charge is 0.358 e. The lowest BCUT2D eigenvalue weighted by Crippen LogP contribution is -2.44. The Kier molecular flexibility index (Phi) is 1.79. The second kappa shape index (κ2) is 3.02. The molecule has 1 saturated heterocycles. The number of fused-ring (bicyclic) bond motifs is 3. The van der Waals surface area contributed by atoms with Crippen molar-refractivity contribution >= 4 is 5.78 Å². The van der Waals surface area contributed by atoms with Gasteiger partial charge in [0.1, 0.15) is 11.3 Å². The minimum atomic E-state index is -0.560. The maximum Gasteiger partial charge on any atom is 0.213 e. The number of Topliss-reactive ketones (excluding diaryl/α,β-unsaturated/α-hetero) is 1. The van der Waals surface area contributed by atoms with E-state index >= 15 is 0 Å². The molecule has 4 rings (SSSR count). The number of hydrogen-bond acceptors (Lipinski definition) is 3. The molecular formula is C15H17NO2. The average Bonchev–Trinajstić information content (AvgIpc) is 2.74. The van der Waals surface area contributed by atoms with Gasteiger partial charge in [0.2, 0.25) is 5.78 Å². The Morgan fingerprint density at radius 3 is 3.11 bits per heavy atom. The molecule has 0 N–H and O–H groups in total. The molecule has 3 heterocycles. The number of hydrogen-bond donors (Lipinski definition) is 0. The summed E-state index contributed by atoms with van der Waals surface area (Å²) in [5.41, 5.74) is 1.31. The second-order valence-electron chi connectivity index (χ2n) is 6.74. The summed E-state index contributed by atoms with van der Waals surface area (Å²) in [5, 5.41) is 0. The molecule has 0 radical (unpaired) electrons. The molecule has 2 bridgehead atoms. The SMILES string of the molecule is CC1(C)C[C@@H]2C[C@@H]3O[C@@]2(C1)C(=O)c1ncccc13. The van der Waals surface area contributed by atoms with Gasteiger partial charge in [0.05, 0.1) is 6.10 Å². The molecule has 94 valence electrons. The van der Waals surface area contributed by atoms with Crippen LogP contribution in [0.15, 0.2) is 18.3 Å². The highest BCUT2D eigenvalue weighted by atomic mass is 16.5. The van der Waals surface area contributed by atoms with Gasteiger partial charge in [-0.1, -0.05) is 19.9 Å². The number of ether oxygens (including phenoxy) is 1. The fourth-order valence-corrected chi connectivity index (χ4v) is 4.31. The van der Waals surface area contributed by atoms with Crippen molar-refractivity contribution in [1.82, 2.24) is 4.98 Å². The Morgan fingerprint density at radius 2 is 2.28 bits per heavy atom. The van der Waals surface area contributed by atoms with Gasteiger partial charge in [-0.2, -0.15) is 0 Å². The normalized spacial score (nSPS) is 39.6. The highest BCUT2D eigenvalue weighted by molar-refractivity contribution is 6.04. The average molecular weight is 243 g/mol. The van der Waals surface area contributed by atoms with E-state index < -0.39 is 5.60 Å². The minimum absolute atomic E-state index is 0.0903. The van der Waals surface area contributed by atoms with E-state index in [4.69, 9.17) is 4.74 Å². The number of nitrogens with zero attached hydrogens (tertiary/aromatic N) is 1. The standard InChI is InChI=1S/C15H17NO2/c1-14(2)7-9-6-11-10-4-3-5-16-12(10)13(17)15(9,8-14)18-11/h3-5,9,11H,6-8H2,1-2H3/t9-,11-,15+/m0/s1. The van der Waals surface area contributed by atoms with Crippen molar-refractivity contribution in [1.29, 1.82) is 0 Å². The van der Waals surface area contributed by atoms with Crippen molar-refractivity contribution in [2.75, 3.05) is 0 Å². The van der Waals surface area contributed by atoms with Crippen LogP contribution in [-0.2, 0) is 4.74 Å². The third-order valence-electron chi connectivity index (χ3n) is 4.84. The molecule has 2 fully saturated rings. The molecule has 1 aromatic heterocycles. The second-order valence-corrected chi connectivity index (χ2v) is 6.74. The molecule has 0 amide bonds. The molecule has 3 aliphatic rings. The minimum Gasteiger partial charge on any atom is -0.358 e. The molecule has 2 aliphatic heterocycles. The van der Waals surface area contributed by atoms with Crippen LogP contribution in [-0.4, -0.2) is 16.4 Å². The summed E-state index contributed by atoms with van der Waals surface area (Å²) in [5.74, 6) is 0.502. The van der Waals surface area contributed by atoms with Crippen molar-refractivity contribution in [2.24, 2.45) is 11.3 Å². The quantitative estimate of drug-likeness (QED) is 0.703. The van der Waals surface area contributed by atoms with Crippen molar-refractivity contribution in [3.8, 4) is 0 Å². The molecule has 1 aromatic rings. The third-order valence-corrected chi connectivity index (χ3v) is 4.84. The van der Waals surface area contributed by atoms with Crippen molar-refractivity contribution in [2.45, 2.75) is 44.8 Å². The summed E-state index contributed by atoms with van der Waals surface area (Å²) in [6.45, 7) is 4.47. The first kappa shape index (κ1) is 10.7. The lowest BCUT2D eigenvalue weighted by atomic mass is 9.84. The highest BCUT2D eigenvalue weighted by Crippen LogP contribution is 2.61. The van der Waals surface area contributed by atoms with Crippen LogP contribution in [0.3, 0.4) is 0 Å². The van der Waals surface area contributed by atoms with E-state index in [2.05, 4.69) is 18.8 Å². The van der Waals surface area contributed by atoms with Crippen LogP contribution in [0.5, 0.6) is 0 Å². The van der Waals surface area contributed by atoms with E-state index in [1.165, 1.54) is 0 Å². The van der Waals surface area contributed by atoms with E-state index in [-0.39, 0.29) is 17.3 Å². The number of rotatable bonds is 0. The van der Waals surface area contributed by atoms with Gasteiger partial charge in [-0.3, -0.25) is 9.78 Å². The van der Waals surface area contributed by atoms with Crippen LogP contribution in [0.2, 0.25) is 0 Å². The fraction of sp³-hybridized carbons (Fsp3) is 0.600. The zero-order valence-corrected chi connectivity index (χ0v) is 10.8. The molecule has 3 atom stereocenters. The topological polar surface area (TPSA) is 39.2 Å². The maximum absolute atomic E-state index is 12.8. The molecule has 1 aliphatic carbocycles. The van der Waals surface area contributed by atoms with Crippen LogP contribution >= 0.6 is 0 Å². The van der Waals surface area contributed by atoms with E-state index in [1.54, 1.807) is 6.20 Å². The van der Waals surface area contributed by atoms with Crippen LogP contribution in [0.25, 0.3) is 0 Å². The first-order chi connectivity index (χ1) is 8.52.